The molecule has 2 aliphatic rings. The molecule has 2 aliphatic heterocycles. The van der Waals surface area contributed by atoms with Gasteiger partial charge in [-0.1, -0.05) is 0 Å². The molecule has 0 radical (unpaired) electrons. The molecule has 2 rings (SSSR count). The Morgan fingerprint density at radius 3 is 2.47 bits per heavy atom. The summed E-state index contributed by atoms with van der Waals surface area (Å²) in [5.74, 6) is 0. The van der Waals surface area contributed by atoms with Gasteiger partial charge in [0.1, 0.15) is 0 Å². The van der Waals surface area contributed by atoms with Gasteiger partial charge in [0.25, 0.3) is 0 Å². The van der Waals surface area contributed by atoms with E-state index in [1.54, 1.807) is 0 Å². The topological polar surface area (TPSA) is 26.8 Å². The first-order chi connectivity index (χ1) is 8.17. The molecule has 2 fully saturated rings. The molecule has 0 aromatic rings. The SMILES string of the molecule is CCN(CC)C(=O)N1CCC2CCC(C1)N2C. The third-order valence-electron chi connectivity index (χ3n) is 4.45. The lowest BCUT2D eigenvalue weighted by Crippen LogP contribution is -2.46. The third kappa shape index (κ3) is 2.41. The maximum absolute atomic E-state index is 12.3. The molecule has 98 valence electrons. The predicted octanol–water partition coefficient (Wildman–Crippen LogP) is 1.62. The molecule has 2 bridgehead atoms. The van der Waals surface area contributed by atoms with Crippen molar-refractivity contribution in [1.29, 1.82) is 0 Å². The van der Waals surface area contributed by atoms with Gasteiger partial charge < -0.3 is 9.80 Å². The molecule has 0 N–H and O–H groups in total. The smallest absolute Gasteiger partial charge is 0.320 e. The van der Waals surface area contributed by atoms with E-state index in [4.69, 9.17) is 0 Å². The normalized spacial score (nSPS) is 29.2. The van der Waals surface area contributed by atoms with E-state index in [2.05, 4.69) is 30.7 Å². The molecule has 2 saturated heterocycles. The molecular formula is C13H25N3O. The Kier molecular flexibility index (Phi) is 3.92. The standard InChI is InChI=1S/C13H25N3O/c1-4-15(5-2)13(17)16-9-8-11-6-7-12(10-16)14(11)3/h11-12H,4-10H2,1-3H3. The van der Waals surface area contributed by atoms with Crippen molar-refractivity contribution in [3.63, 3.8) is 0 Å². The summed E-state index contributed by atoms with van der Waals surface area (Å²) in [5, 5.41) is 0. The van der Waals surface area contributed by atoms with E-state index in [1.165, 1.54) is 12.8 Å². The van der Waals surface area contributed by atoms with Crippen LogP contribution in [0.5, 0.6) is 0 Å². The molecule has 4 nitrogen and oxygen atoms in total. The minimum Gasteiger partial charge on any atom is -0.325 e. The van der Waals surface area contributed by atoms with Gasteiger partial charge in [-0.15, -0.1) is 0 Å². The van der Waals surface area contributed by atoms with Crippen molar-refractivity contribution in [3.05, 3.63) is 0 Å². The number of likely N-dealkylation sites (N-methyl/N-ethyl adjacent to an activating group) is 1. The van der Waals surface area contributed by atoms with Gasteiger partial charge in [-0.3, -0.25) is 4.90 Å². The molecular weight excluding hydrogens is 214 g/mol. The second-order valence-electron chi connectivity index (χ2n) is 5.24. The molecule has 0 aromatic heterocycles. The molecule has 4 heteroatoms. The number of hydrogen-bond donors (Lipinski definition) is 0. The second-order valence-corrected chi connectivity index (χ2v) is 5.24. The average molecular weight is 239 g/mol. The lowest BCUT2D eigenvalue weighted by Gasteiger charge is -2.30. The number of amides is 2. The lowest BCUT2D eigenvalue weighted by molar-refractivity contribution is 0.151. The van der Waals surface area contributed by atoms with Crippen LogP contribution in [-0.4, -0.2) is 66.0 Å². The van der Waals surface area contributed by atoms with E-state index in [-0.39, 0.29) is 6.03 Å². The molecule has 0 aromatic carbocycles. The van der Waals surface area contributed by atoms with Gasteiger partial charge in [-0.05, 0) is 40.2 Å². The molecule has 2 unspecified atom stereocenters. The number of carbonyl (C=O) groups excluding carboxylic acids is 1. The van der Waals surface area contributed by atoms with Crippen molar-refractivity contribution < 1.29 is 4.79 Å². The number of nitrogens with zero attached hydrogens (tertiary/aromatic N) is 3. The highest BCUT2D eigenvalue weighted by atomic mass is 16.2. The Balaban J connectivity index is 2.01. The predicted molar refractivity (Wildman–Crippen MR) is 69.1 cm³/mol. The number of carbonyl (C=O) groups is 1. The van der Waals surface area contributed by atoms with Gasteiger partial charge in [0.05, 0.1) is 0 Å². The quantitative estimate of drug-likeness (QED) is 0.732. The molecule has 0 saturated carbocycles. The summed E-state index contributed by atoms with van der Waals surface area (Å²) in [5.41, 5.74) is 0. The highest BCUT2D eigenvalue weighted by Crippen LogP contribution is 2.28. The summed E-state index contributed by atoms with van der Waals surface area (Å²) in [7, 11) is 2.22. The third-order valence-corrected chi connectivity index (χ3v) is 4.45. The second kappa shape index (κ2) is 5.25. The van der Waals surface area contributed by atoms with Crippen LogP contribution in [0.3, 0.4) is 0 Å². The van der Waals surface area contributed by atoms with Crippen molar-refractivity contribution in [3.8, 4) is 0 Å². The van der Waals surface area contributed by atoms with Crippen LogP contribution in [0.4, 0.5) is 4.79 Å². The first kappa shape index (κ1) is 12.7. The van der Waals surface area contributed by atoms with Gasteiger partial charge in [-0.2, -0.15) is 0 Å². The number of rotatable bonds is 2. The van der Waals surface area contributed by atoms with Crippen LogP contribution in [0, 0.1) is 0 Å². The molecule has 0 aliphatic carbocycles. The fourth-order valence-corrected chi connectivity index (χ4v) is 3.18. The summed E-state index contributed by atoms with van der Waals surface area (Å²) >= 11 is 0. The summed E-state index contributed by atoms with van der Waals surface area (Å²) in [6, 6.07) is 1.52. The van der Waals surface area contributed by atoms with E-state index >= 15 is 0 Å². The van der Waals surface area contributed by atoms with Crippen molar-refractivity contribution in [1.82, 2.24) is 14.7 Å². The van der Waals surface area contributed by atoms with Gasteiger partial charge in [0, 0.05) is 38.3 Å². The Morgan fingerprint density at radius 2 is 1.82 bits per heavy atom. The molecule has 2 amide bonds. The van der Waals surface area contributed by atoms with Crippen LogP contribution < -0.4 is 0 Å². The highest BCUT2D eigenvalue weighted by Gasteiger charge is 2.36. The van der Waals surface area contributed by atoms with Crippen LogP contribution in [0.25, 0.3) is 0 Å². The molecule has 0 spiro atoms. The minimum atomic E-state index is 0.232. The fraction of sp³-hybridized carbons (Fsp3) is 0.923. The van der Waals surface area contributed by atoms with E-state index in [0.717, 1.165) is 32.6 Å². The van der Waals surface area contributed by atoms with Crippen molar-refractivity contribution in [2.75, 3.05) is 33.2 Å². The minimum absolute atomic E-state index is 0.232. The Morgan fingerprint density at radius 1 is 1.18 bits per heavy atom. The van der Waals surface area contributed by atoms with E-state index < -0.39 is 0 Å². The molecule has 2 atom stereocenters. The van der Waals surface area contributed by atoms with Gasteiger partial charge in [-0.25, -0.2) is 4.79 Å². The zero-order valence-corrected chi connectivity index (χ0v) is 11.4. The van der Waals surface area contributed by atoms with Crippen LogP contribution in [0.15, 0.2) is 0 Å². The fourth-order valence-electron chi connectivity index (χ4n) is 3.18. The van der Waals surface area contributed by atoms with Gasteiger partial charge in [0.15, 0.2) is 0 Å². The number of urea groups is 1. The number of fused-ring (bicyclic) bond motifs is 2. The van der Waals surface area contributed by atoms with Gasteiger partial charge in [0.2, 0.25) is 0 Å². The first-order valence-electron chi connectivity index (χ1n) is 6.93. The Labute approximate surface area is 105 Å². The summed E-state index contributed by atoms with van der Waals surface area (Å²) < 4.78 is 0. The van der Waals surface area contributed by atoms with E-state index in [0.29, 0.717) is 12.1 Å². The van der Waals surface area contributed by atoms with E-state index in [1.807, 2.05) is 4.90 Å². The maximum Gasteiger partial charge on any atom is 0.320 e. The summed E-state index contributed by atoms with van der Waals surface area (Å²) in [6.45, 7) is 7.59. The first-order valence-corrected chi connectivity index (χ1v) is 6.93. The zero-order chi connectivity index (χ0) is 12.4. The van der Waals surface area contributed by atoms with Crippen molar-refractivity contribution >= 4 is 6.03 Å². The molecule has 2 heterocycles. The lowest BCUT2D eigenvalue weighted by atomic mass is 10.1. The monoisotopic (exact) mass is 239 g/mol. The zero-order valence-electron chi connectivity index (χ0n) is 11.4. The average Bonchev–Trinajstić information content (AvgIpc) is 2.54. The summed E-state index contributed by atoms with van der Waals surface area (Å²) in [6.07, 6.45) is 3.71. The van der Waals surface area contributed by atoms with Crippen LogP contribution in [-0.2, 0) is 0 Å². The largest absolute Gasteiger partial charge is 0.325 e. The van der Waals surface area contributed by atoms with Crippen LogP contribution in [0.2, 0.25) is 0 Å². The maximum atomic E-state index is 12.3. The number of hydrogen-bond acceptors (Lipinski definition) is 2. The molecule has 17 heavy (non-hydrogen) atoms. The van der Waals surface area contributed by atoms with E-state index in [9.17, 15) is 4.79 Å². The van der Waals surface area contributed by atoms with Crippen LogP contribution in [0.1, 0.15) is 33.1 Å². The Hall–Kier alpha value is -0.770. The van der Waals surface area contributed by atoms with Crippen LogP contribution >= 0.6 is 0 Å². The van der Waals surface area contributed by atoms with Crippen molar-refractivity contribution in [2.24, 2.45) is 0 Å². The highest BCUT2D eigenvalue weighted by molar-refractivity contribution is 5.74. The number of likely N-dealkylation sites (tertiary alicyclic amines) is 1. The Bertz CT molecular complexity index is 278. The van der Waals surface area contributed by atoms with Gasteiger partial charge >= 0.3 is 6.03 Å². The summed E-state index contributed by atoms with van der Waals surface area (Å²) in [4.78, 5) is 18.8. The van der Waals surface area contributed by atoms with Crippen molar-refractivity contribution in [2.45, 2.75) is 45.2 Å².